The van der Waals surface area contributed by atoms with Crippen molar-refractivity contribution in [3.63, 3.8) is 0 Å². The number of nitrogens with zero attached hydrogens (tertiary/aromatic N) is 3. The zero-order chi connectivity index (χ0) is 17.2. The fourth-order valence-electron chi connectivity index (χ4n) is 3.20. The van der Waals surface area contributed by atoms with Crippen LogP contribution in [-0.4, -0.2) is 14.1 Å². The number of aromatic nitrogens is 3. The molecule has 0 fully saturated rings. The van der Waals surface area contributed by atoms with Crippen LogP contribution >= 0.6 is 0 Å². The monoisotopic (exact) mass is 329 g/mol. The molecule has 0 saturated carbocycles. The predicted molar refractivity (Wildman–Crippen MR) is 99.8 cm³/mol. The van der Waals surface area contributed by atoms with E-state index in [1.54, 1.807) is 10.8 Å². The van der Waals surface area contributed by atoms with Gasteiger partial charge in [0.25, 0.3) is 5.56 Å². The first-order valence-electron chi connectivity index (χ1n) is 8.33. The second-order valence-corrected chi connectivity index (χ2v) is 6.35. The van der Waals surface area contributed by atoms with Gasteiger partial charge in [-0.05, 0) is 36.2 Å². The van der Waals surface area contributed by atoms with Crippen molar-refractivity contribution < 1.29 is 0 Å². The normalized spacial score (nSPS) is 11.1. The van der Waals surface area contributed by atoms with Crippen LogP contribution in [0.3, 0.4) is 0 Å². The second kappa shape index (κ2) is 6.40. The molecular formula is C21H19N3O. The molecule has 0 atom stereocenters. The van der Waals surface area contributed by atoms with Crippen LogP contribution in [0.15, 0.2) is 78.1 Å². The highest BCUT2D eigenvalue weighted by molar-refractivity contribution is 5.79. The molecular weight excluding hydrogens is 310 g/mol. The smallest absolute Gasteiger partial charge is 0.275 e. The lowest BCUT2D eigenvalue weighted by atomic mass is 10.1. The van der Waals surface area contributed by atoms with Crippen LogP contribution in [0, 0.1) is 6.92 Å². The summed E-state index contributed by atoms with van der Waals surface area (Å²) in [6, 6.07) is 16.2. The minimum absolute atomic E-state index is 0.0351. The number of pyridine rings is 2. The summed E-state index contributed by atoms with van der Waals surface area (Å²) in [6.45, 7) is 3.28. The van der Waals surface area contributed by atoms with E-state index in [0.29, 0.717) is 13.1 Å². The van der Waals surface area contributed by atoms with E-state index < -0.39 is 0 Å². The quantitative estimate of drug-likeness (QED) is 0.574. The van der Waals surface area contributed by atoms with Crippen molar-refractivity contribution in [1.82, 2.24) is 14.1 Å². The maximum absolute atomic E-state index is 13.0. The van der Waals surface area contributed by atoms with Gasteiger partial charge in [0.05, 0.1) is 6.54 Å². The van der Waals surface area contributed by atoms with Crippen LogP contribution in [-0.2, 0) is 13.1 Å². The number of benzene rings is 1. The SMILES string of the molecule is Cc1cccc(Cn2ccc3ccn(Cc4cccnc4)c3c2=O)c1. The molecule has 0 spiro atoms. The summed E-state index contributed by atoms with van der Waals surface area (Å²) in [4.78, 5) is 17.2. The third-order valence-corrected chi connectivity index (χ3v) is 4.40. The summed E-state index contributed by atoms with van der Waals surface area (Å²) < 4.78 is 3.78. The van der Waals surface area contributed by atoms with Gasteiger partial charge in [-0.3, -0.25) is 9.78 Å². The summed E-state index contributed by atoms with van der Waals surface area (Å²) in [5.41, 5.74) is 4.18. The minimum atomic E-state index is 0.0351. The van der Waals surface area contributed by atoms with Crippen molar-refractivity contribution in [3.05, 3.63) is 100 Å². The molecule has 4 nitrogen and oxygen atoms in total. The molecule has 3 aromatic heterocycles. The molecule has 4 heteroatoms. The molecule has 4 aromatic rings. The third-order valence-electron chi connectivity index (χ3n) is 4.40. The van der Waals surface area contributed by atoms with Gasteiger partial charge in [0.2, 0.25) is 0 Å². The molecule has 0 aliphatic carbocycles. The van der Waals surface area contributed by atoms with Gasteiger partial charge in [-0.15, -0.1) is 0 Å². The highest BCUT2D eigenvalue weighted by Gasteiger charge is 2.09. The molecule has 0 unspecified atom stereocenters. The first-order valence-corrected chi connectivity index (χ1v) is 8.33. The van der Waals surface area contributed by atoms with E-state index in [0.717, 1.165) is 22.0 Å². The standard InChI is InChI=1S/C21H19N3O/c1-16-4-2-5-17(12-16)14-24-11-8-19-7-10-23(20(19)21(24)25)15-18-6-3-9-22-13-18/h2-13H,14-15H2,1H3. The van der Waals surface area contributed by atoms with Crippen molar-refractivity contribution in [2.75, 3.05) is 0 Å². The van der Waals surface area contributed by atoms with E-state index in [1.807, 2.05) is 53.5 Å². The van der Waals surface area contributed by atoms with E-state index in [1.165, 1.54) is 5.56 Å². The van der Waals surface area contributed by atoms with Gasteiger partial charge < -0.3 is 9.13 Å². The summed E-state index contributed by atoms with van der Waals surface area (Å²) in [5, 5.41) is 0.967. The third kappa shape index (κ3) is 3.11. The number of aryl methyl sites for hydroxylation is 1. The summed E-state index contributed by atoms with van der Waals surface area (Å²) in [5.74, 6) is 0. The Kier molecular flexibility index (Phi) is 3.94. The van der Waals surface area contributed by atoms with Gasteiger partial charge in [-0.25, -0.2) is 0 Å². The molecule has 0 N–H and O–H groups in total. The Morgan fingerprint density at radius 1 is 0.920 bits per heavy atom. The number of fused-ring (bicyclic) bond motifs is 1. The first kappa shape index (κ1) is 15.4. The molecule has 25 heavy (non-hydrogen) atoms. The molecule has 0 amide bonds. The molecule has 0 bridgehead atoms. The Labute approximate surface area is 146 Å². The second-order valence-electron chi connectivity index (χ2n) is 6.35. The lowest BCUT2D eigenvalue weighted by molar-refractivity contribution is 0.751. The first-order chi connectivity index (χ1) is 12.2. The molecule has 3 heterocycles. The maximum Gasteiger partial charge on any atom is 0.275 e. The number of hydrogen-bond acceptors (Lipinski definition) is 2. The maximum atomic E-state index is 13.0. The van der Waals surface area contributed by atoms with Crippen molar-refractivity contribution in [2.45, 2.75) is 20.0 Å². The summed E-state index contributed by atoms with van der Waals surface area (Å²) in [7, 11) is 0. The number of hydrogen-bond donors (Lipinski definition) is 0. The molecule has 1 aromatic carbocycles. The van der Waals surface area contributed by atoms with Crippen molar-refractivity contribution in [3.8, 4) is 0 Å². The van der Waals surface area contributed by atoms with Crippen LogP contribution in [0.4, 0.5) is 0 Å². The zero-order valence-electron chi connectivity index (χ0n) is 14.1. The van der Waals surface area contributed by atoms with Crippen LogP contribution in [0.25, 0.3) is 10.9 Å². The van der Waals surface area contributed by atoms with Gasteiger partial charge >= 0.3 is 0 Å². The van der Waals surface area contributed by atoms with E-state index in [2.05, 4.69) is 30.1 Å². The average Bonchev–Trinajstić information content (AvgIpc) is 3.02. The minimum Gasteiger partial charge on any atom is -0.339 e. The van der Waals surface area contributed by atoms with Crippen molar-refractivity contribution >= 4 is 10.9 Å². The lowest BCUT2D eigenvalue weighted by Crippen LogP contribution is -2.22. The van der Waals surface area contributed by atoms with Crippen LogP contribution < -0.4 is 5.56 Å². The van der Waals surface area contributed by atoms with Gasteiger partial charge in [0.15, 0.2) is 0 Å². The largest absolute Gasteiger partial charge is 0.339 e. The van der Waals surface area contributed by atoms with Gasteiger partial charge in [0.1, 0.15) is 5.52 Å². The highest BCUT2D eigenvalue weighted by atomic mass is 16.1. The molecule has 0 aliphatic rings. The van der Waals surface area contributed by atoms with E-state index >= 15 is 0 Å². The van der Waals surface area contributed by atoms with Gasteiger partial charge in [-0.2, -0.15) is 0 Å². The number of rotatable bonds is 4. The molecule has 0 saturated heterocycles. The van der Waals surface area contributed by atoms with E-state index in [4.69, 9.17) is 0 Å². The van der Waals surface area contributed by atoms with E-state index in [-0.39, 0.29) is 5.56 Å². The Hall–Kier alpha value is -3.14. The van der Waals surface area contributed by atoms with Gasteiger partial charge in [0, 0.05) is 36.7 Å². The van der Waals surface area contributed by atoms with Crippen LogP contribution in [0.1, 0.15) is 16.7 Å². The summed E-state index contributed by atoms with van der Waals surface area (Å²) >= 11 is 0. The molecule has 0 aliphatic heterocycles. The fourth-order valence-corrected chi connectivity index (χ4v) is 3.20. The average molecular weight is 329 g/mol. The lowest BCUT2D eigenvalue weighted by Gasteiger charge is -2.09. The van der Waals surface area contributed by atoms with Crippen LogP contribution in [0.2, 0.25) is 0 Å². The Morgan fingerprint density at radius 2 is 1.68 bits per heavy atom. The van der Waals surface area contributed by atoms with E-state index in [9.17, 15) is 4.79 Å². The van der Waals surface area contributed by atoms with Gasteiger partial charge in [-0.1, -0.05) is 35.9 Å². The molecule has 0 radical (unpaired) electrons. The highest BCUT2D eigenvalue weighted by Crippen LogP contribution is 2.14. The van der Waals surface area contributed by atoms with Crippen molar-refractivity contribution in [1.29, 1.82) is 0 Å². The molecule has 4 rings (SSSR count). The van der Waals surface area contributed by atoms with Crippen LogP contribution in [0.5, 0.6) is 0 Å². The molecule has 124 valence electrons. The van der Waals surface area contributed by atoms with Crippen molar-refractivity contribution in [2.24, 2.45) is 0 Å². The Balaban J connectivity index is 1.74. The topological polar surface area (TPSA) is 39.8 Å². The summed E-state index contributed by atoms with van der Waals surface area (Å²) in [6.07, 6.45) is 7.43. The predicted octanol–water partition coefficient (Wildman–Crippen LogP) is 3.60. The Bertz CT molecular complexity index is 1080. The zero-order valence-corrected chi connectivity index (χ0v) is 14.1. The Morgan fingerprint density at radius 3 is 2.44 bits per heavy atom. The fraction of sp³-hybridized carbons (Fsp3) is 0.143.